The number of guanidine groups is 1. The molecule has 0 aromatic heterocycles. The summed E-state index contributed by atoms with van der Waals surface area (Å²) in [5.74, 6) is 2.62. The Balaban J connectivity index is 1.63. The fourth-order valence-corrected chi connectivity index (χ4v) is 2.63. The van der Waals surface area contributed by atoms with Crippen LogP contribution < -0.4 is 20.1 Å². The zero-order chi connectivity index (χ0) is 18.6. The summed E-state index contributed by atoms with van der Waals surface area (Å²) in [4.78, 5) is 4.27. The first-order chi connectivity index (χ1) is 12.7. The summed E-state index contributed by atoms with van der Waals surface area (Å²) in [6.45, 7) is 1.72. The molecule has 0 saturated heterocycles. The van der Waals surface area contributed by atoms with Gasteiger partial charge in [-0.3, -0.25) is 4.99 Å². The summed E-state index contributed by atoms with van der Waals surface area (Å²) in [5.41, 5.74) is 2.59. The Morgan fingerprint density at radius 1 is 0.769 bits per heavy atom. The van der Waals surface area contributed by atoms with Gasteiger partial charge in [0, 0.05) is 20.1 Å². The minimum Gasteiger partial charge on any atom is -0.497 e. The van der Waals surface area contributed by atoms with Gasteiger partial charge in [-0.05, 0) is 54.7 Å². The number of hydrogen-bond donors (Lipinski definition) is 2. The highest BCUT2D eigenvalue weighted by molar-refractivity contribution is 5.79. The molecule has 26 heavy (non-hydrogen) atoms. The Morgan fingerprint density at radius 2 is 1.27 bits per heavy atom. The van der Waals surface area contributed by atoms with Crippen LogP contribution in [-0.4, -0.2) is 40.3 Å². The van der Waals surface area contributed by atoms with Gasteiger partial charge in [-0.15, -0.1) is 0 Å². The number of aryl methyl sites for hydroxylation is 1. The molecule has 0 radical (unpaired) electrons. The van der Waals surface area contributed by atoms with Crippen LogP contribution in [-0.2, 0) is 12.8 Å². The lowest BCUT2D eigenvalue weighted by molar-refractivity contribution is 0.414. The van der Waals surface area contributed by atoms with E-state index in [2.05, 4.69) is 39.9 Å². The number of hydrogen-bond acceptors (Lipinski definition) is 3. The normalized spacial score (nSPS) is 11.1. The molecular weight excluding hydrogens is 326 g/mol. The Labute approximate surface area is 156 Å². The number of ether oxygens (including phenoxy) is 2. The molecule has 0 bridgehead atoms. The van der Waals surface area contributed by atoms with Crippen LogP contribution in [0.25, 0.3) is 0 Å². The van der Waals surface area contributed by atoms with Crippen molar-refractivity contribution in [3.8, 4) is 11.5 Å². The molecule has 0 unspecified atom stereocenters. The van der Waals surface area contributed by atoms with E-state index in [0.29, 0.717) is 0 Å². The van der Waals surface area contributed by atoms with Crippen molar-refractivity contribution in [2.45, 2.75) is 19.3 Å². The summed E-state index contributed by atoms with van der Waals surface area (Å²) in [6.07, 6.45) is 3.02. The van der Waals surface area contributed by atoms with Crippen LogP contribution >= 0.6 is 0 Å². The first-order valence-corrected chi connectivity index (χ1v) is 8.95. The standard InChI is InChI=1S/C21H29N3O2/c1-22-21(24-16-14-18-8-12-20(26-3)13-9-18)23-15-4-5-17-6-10-19(25-2)11-7-17/h6-13H,4-5,14-16H2,1-3H3,(H2,22,23,24). The third-order valence-electron chi connectivity index (χ3n) is 4.18. The molecule has 0 aliphatic heterocycles. The molecule has 0 saturated carbocycles. The van der Waals surface area contributed by atoms with Crippen LogP contribution in [0.15, 0.2) is 53.5 Å². The number of rotatable bonds is 9. The second kappa shape index (κ2) is 11.0. The molecule has 5 heteroatoms. The van der Waals surface area contributed by atoms with E-state index in [1.165, 1.54) is 11.1 Å². The highest BCUT2D eigenvalue weighted by Gasteiger charge is 2.00. The average molecular weight is 355 g/mol. The molecule has 2 aromatic rings. The third-order valence-corrected chi connectivity index (χ3v) is 4.18. The van der Waals surface area contributed by atoms with Gasteiger partial charge >= 0.3 is 0 Å². The van der Waals surface area contributed by atoms with E-state index >= 15 is 0 Å². The Kier molecular flexibility index (Phi) is 8.33. The fourth-order valence-electron chi connectivity index (χ4n) is 2.63. The van der Waals surface area contributed by atoms with E-state index in [9.17, 15) is 0 Å². The summed E-state index contributed by atoms with van der Waals surface area (Å²) < 4.78 is 10.4. The maximum Gasteiger partial charge on any atom is 0.190 e. The predicted molar refractivity (Wildman–Crippen MR) is 107 cm³/mol. The summed E-state index contributed by atoms with van der Waals surface area (Å²) in [5, 5.41) is 6.71. The van der Waals surface area contributed by atoms with Crippen molar-refractivity contribution < 1.29 is 9.47 Å². The molecule has 0 fully saturated rings. The topological polar surface area (TPSA) is 54.9 Å². The zero-order valence-electron chi connectivity index (χ0n) is 15.9. The van der Waals surface area contributed by atoms with E-state index in [0.717, 1.165) is 49.8 Å². The van der Waals surface area contributed by atoms with Crippen LogP contribution in [0.4, 0.5) is 0 Å². The van der Waals surface area contributed by atoms with Gasteiger partial charge in [0.25, 0.3) is 0 Å². The second-order valence-corrected chi connectivity index (χ2v) is 5.98. The van der Waals surface area contributed by atoms with Gasteiger partial charge in [-0.1, -0.05) is 24.3 Å². The quantitative estimate of drug-likeness (QED) is 0.412. The monoisotopic (exact) mass is 355 g/mol. The van der Waals surface area contributed by atoms with Crippen LogP contribution in [0.2, 0.25) is 0 Å². The van der Waals surface area contributed by atoms with E-state index in [4.69, 9.17) is 9.47 Å². The molecule has 5 nitrogen and oxygen atoms in total. The lowest BCUT2D eigenvalue weighted by Crippen LogP contribution is -2.38. The van der Waals surface area contributed by atoms with Crippen LogP contribution in [0.1, 0.15) is 17.5 Å². The highest BCUT2D eigenvalue weighted by atomic mass is 16.5. The Bertz CT molecular complexity index is 667. The maximum atomic E-state index is 5.18. The van der Waals surface area contributed by atoms with Crippen molar-refractivity contribution in [1.29, 1.82) is 0 Å². The van der Waals surface area contributed by atoms with E-state index in [-0.39, 0.29) is 0 Å². The largest absolute Gasteiger partial charge is 0.497 e. The smallest absolute Gasteiger partial charge is 0.190 e. The van der Waals surface area contributed by atoms with Gasteiger partial charge < -0.3 is 20.1 Å². The van der Waals surface area contributed by atoms with Gasteiger partial charge in [0.05, 0.1) is 14.2 Å². The van der Waals surface area contributed by atoms with Crippen LogP contribution in [0, 0.1) is 0 Å². The molecule has 140 valence electrons. The number of aliphatic imine (C=N–C) groups is 1. The number of methoxy groups -OCH3 is 2. The van der Waals surface area contributed by atoms with Crippen molar-refractivity contribution in [3.63, 3.8) is 0 Å². The summed E-state index contributed by atoms with van der Waals surface area (Å²) in [7, 11) is 5.17. The van der Waals surface area contributed by atoms with E-state index < -0.39 is 0 Å². The van der Waals surface area contributed by atoms with Gasteiger partial charge in [-0.2, -0.15) is 0 Å². The Hall–Kier alpha value is -2.69. The van der Waals surface area contributed by atoms with Crippen molar-refractivity contribution in [1.82, 2.24) is 10.6 Å². The SMILES string of the molecule is CN=C(NCCCc1ccc(OC)cc1)NCCc1ccc(OC)cc1. The molecule has 0 heterocycles. The second-order valence-electron chi connectivity index (χ2n) is 5.98. The van der Waals surface area contributed by atoms with Crippen LogP contribution in [0.5, 0.6) is 11.5 Å². The Morgan fingerprint density at radius 3 is 1.77 bits per heavy atom. The number of nitrogens with one attached hydrogen (secondary N) is 2. The van der Waals surface area contributed by atoms with Crippen molar-refractivity contribution >= 4 is 5.96 Å². The highest BCUT2D eigenvalue weighted by Crippen LogP contribution is 2.12. The summed E-state index contributed by atoms with van der Waals surface area (Å²) in [6, 6.07) is 16.4. The minimum absolute atomic E-state index is 0.838. The van der Waals surface area contributed by atoms with Gasteiger partial charge in [-0.25, -0.2) is 0 Å². The molecule has 0 aliphatic rings. The minimum atomic E-state index is 0.838. The zero-order valence-corrected chi connectivity index (χ0v) is 15.9. The van der Waals surface area contributed by atoms with Gasteiger partial charge in [0.15, 0.2) is 5.96 Å². The molecule has 2 aromatic carbocycles. The van der Waals surface area contributed by atoms with Gasteiger partial charge in [0.2, 0.25) is 0 Å². The maximum absolute atomic E-state index is 5.18. The lowest BCUT2D eigenvalue weighted by Gasteiger charge is -2.12. The first kappa shape index (κ1) is 19.6. The average Bonchev–Trinajstić information content (AvgIpc) is 2.70. The molecule has 0 atom stereocenters. The van der Waals surface area contributed by atoms with Crippen LogP contribution in [0.3, 0.4) is 0 Å². The molecule has 0 spiro atoms. The van der Waals surface area contributed by atoms with E-state index in [1.807, 2.05) is 24.3 Å². The third kappa shape index (κ3) is 6.67. The fraction of sp³-hybridized carbons (Fsp3) is 0.381. The summed E-state index contributed by atoms with van der Waals surface area (Å²) >= 11 is 0. The predicted octanol–water partition coefficient (Wildman–Crippen LogP) is 3.04. The molecule has 2 N–H and O–H groups in total. The van der Waals surface area contributed by atoms with E-state index in [1.54, 1.807) is 21.3 Å². The van der Waals surface area contributed by atoms with Crippen molar-refractivity contribution in [2.75, 3.05) is 34.4 Å². The first-order valence-electron chi connectivity index (χ1n) is 8.95. The molecule has 2 rings (SSSR count). The molecular formula is C21H29N3O2. The van der Waals surface area contributed by atoms with Crippen molar-refractivity contribution in [2.24, 2.45) is 4.99 Å². The van der Waals surface area contributed by atoms with Crippen molar-refractivity contribution in [3.05, 3.63) is 59.7 Å². The number of benzene rings is 2. The number of nitrogens with zero attached hydrogens (tertiary/aromatic N) is 1. The lowest BCUT2D eigenvalue weighted by atomic mass is 10.1. The van der Waals surface area contributed by atoms with Gasteiger partial charge in [0.1, 0.15) is 11.5 Å². The molecule has 0 aliphatic carbocycles. The molecule has 0 amide bonds.